The first-order valence-corrected chi connectivity index (χ1v) is 7.97. The molecule has 0 bridgehead atoms. The van der Waals surface area contributed by atoms with E-state index in [2.05, 4.69) is 14.5 Å². The number of phosphoric acid groups is 1. The quantitative estimate of drug-likeness (QED) is 0.701. The number of fused-ring (bicyclic) bond motifs is 1. The second kappa shape index (κ2) is 5.56. The van der Waals surface area contributed by atoms with E-state index < -0.39 is 31.5 Å². The molecule has 1 saturated heterocycles. The molecule has 1 fully saturated rings. The number of rotatable bonds is 4. The Morgan fingerprint density at radius 3 is 3.05 bits per heavy atom. The van der Waals surface area contributed by atoms with Crippen molar-refractivity contribution in [3.63, 3.8) is 0 Å². The number of ether oxygens (including phenoxy) is 1. The molecule has 0 spiro atoms. The lowest BCUT2D eigenvalue weighted by Crippen LogP contribution is -2.16. The SMILES string of the molecule is O=c1[nH]cnc2c1c(F)cn2[C@H]1CC[C@@H](COP(=O)(O)O)O1. The molecule has 3 N–H and O–H groups in total. The van der Waals surface area contributed by atoms with Gasteiger partial charge in [-0.3, -0.25) is 9.32 Å². The number of aromatic amines is 1. The Bertz CT molecular complexity index is 799. The number of nitrogens with zero attached hydrogens (tertiary/aromatic N) is 2. The molecular formula is C11H13FN3O6P. The molecule has 120 valence electrons. The fraction of sp³-hybridized carbons (Fsp3) is 0.455. The maximum Gasteiger partial charge on any atom is 0.469 e. The molecule has 1 aliphatic rings. The first-order chi connectivity index (χ1) is 10.3. The second-order valence-corrected chi connectivity index (χ2v) is 6.13. The summed E-state index contributed by atoms with van der Waals surface area (Å²) in [6.45, 7) is -0.267. The van der Waals surface area contributed by atoms with E-state index in [0.717, 1.165) is 6.20 Å². The Balaban J connectivity index is 1.81. The van der Waals surface area contributed by atoms with Gasteiger partial charge in [0.25, 0.3) is 5.56 Å². The summed E-state index contributed by atoms with van der Waals surface area (Å²) in [5.41, 5.74) is -0.427. The topological polar surface area (TPSA) is 127 Å². The maximum absolute atomic E-state index is 13.9. The second-order valence-electron chi connectivity index (χ2n) is 4.89. The van der Waals surface area contributed by atoms with Crippen LogP contribution in [0.4, 0.5) is 4.39 Å². The van der Waals surface area contributed by atoms with Crippen molar-refractivity contribution in [1.82, 2.24) is 14.5 Å². The van der Waals surface area contributed by atoms with Crippen LogP contribution in [-0.4, -0.2) is 37.0 Å². The highest BCUT2D eigenvalue weighted by Crippen LogP contribution is 2.38. The molecule has 0 amide bonds. The van der Waals surface area contributed by atoms with Gasteiger partial charge < -0.3 is 24.1 Å². The lowest BCUT2D eigenvalue weighted by Gasteiger charge is -2.15. The Kier molecular flexibility index (Phi) is 3.87. The van der Waals surface area contributed by atoms with E-state index >= 15 is 0 Å². The highest BCUT2D eigenvalue weighted by Gasteiger charge is 2.30. The van der Waals surface area contributed by atoms with Gasteiger partial charge in [0.05, 0.1) is 19.0 Å². The predicted molar refractivity (Wildman–Crippen MR) is 71.5 cm³/mol. The van der Waals surface area contributed by atoms with Crippen LogP contribution in [0.2, 0.25) is 0 Å². The molecule has 0 aliphatic carbocycles. The summed E-state index contributed by atoms with van der Waals surface area (Å²) in [6, 6.07) is 0. The van der Waals surface area contributed by atoms with E-state index in [1.165, 1.54) is 10.9 Å². The molecular weight excluding hydrogens is 320 g/mol. The summed E-state index contributed by atoms with van der Waals surface area (Å²) in [5.74, 6) is -0.706. The van der Waals surface area contributed by atoms with Crippen LogP contribution in [0.5, 0.6) is 0 Å². The van der Waals surface area contributed by atoms with Crippen molar-refractivity contribution >= 4 is 18.9 Å². The number of hydrogen-bond acceptors (Lipinski definition) is 5. The Labute approximate surface area is 122 Å². The smallest absolute Gasteiger partial charge is 0.352 e. The zero-order chi connectivity index (χ0) is 15.9. The molecule has 2 aromatic rings. The largest absolute Gasteiger partial charge is 0.469 e. The third-order valence-corrected chi connectivity index (χ3v) is 3.88. The van der Waals surface area contributed by atoms with Gasteiger partial charge in [0, 0.05) is 6.20 Å². The van der Waals surface area contributed by atoms with Gasteiger partial charge in [-0.25, -0.2) is 13.9 Å². The van der Waals surface area contributed by atoms with Gasteiger partial charge in [0.15, 0.2) is 11.5 Å². The lowest BCUT2D eigenvalue weighted by atomic mass is 10.2. The number of halogens is 1. The fourth-order valence-corrected chi connectivity index (χ4v) is 2.82. The Hall–Kier alpha value is -1.58. The summed E-state index contributed by atoms with van der Waals surface area (Å²) in [5, 5.41) is -0.152. The van der Waals surface area contributed by atoms with E-state index in [-0.39, 0.29) is 17.6 Å². The molecule has 3 rings (SSSR count). The van der Waals surface area contributed by atoms with Gasteiger partial charge in [0.2, 0.25) is 0 Å². The molecule has 22 heavy (non-hydrogen) atoms. The monoisotopic (exact) mass is 333 g/mol. The van der Waals surface area contributed by atoms with Crippen LogP contribution in [0.25, 0.3) is 11.0 Å². The number of phosphoric ester groups is 1. The molecule has 3 heterocycles. The van der Waals surface area contributed by atoms with Crippen molar-refractivity contribution in [2.45, 2.75) is 25.2 Å². The van der Waals surface area contributed by atoms with Crippen LogP contribution in [0, 0.1) is 5.82 Å². The molecule has 0 aromatic carbocycles. The summed E-state index contributed by atoms with van der Waals surface area (Å²) < 4.78 is 35.9. The minimum atomic E-state index is -4.56. The predicted octanol–water partition coefficient (Wildman–Crippen LogP) is 0.651. The van der Waals surface area contributed by atoms with E-state index in [0.29, 0.717) is 12.8 Å². The molecule has 2 atom stereocenters. The van der Waals surface area contributed by atoms with Crippen LogP contribution in [0.15, 0.2) is 17.3 Å². The minimum absolute atomic E-state index is 0.152. The minimum Gasteiger partial charge on any atom is -0.352 e. The van der Waals surface area contributed by atoms with Crippen molar-refractivity contribution in [2.24, 2.45) is 0 Å². The van der Waals surface area contributed by atoms with Crippen LogP contribution in [-0.2, 0) is 13.8 Å². The highest BCUT2D eigenvalue weighted by molar-refractivity contribution is 7.46. The molecule has 9 nitrogen and oxygen atoms in total. The van der Waals surface area contributed by atoms with Crippen molar-refractivity contribution < 1.29 is 28.0 Å². The Morgan fingerprint density at radius 2 is 2.32 bits per heavy atom. The van der Waals surface area contributed by atoms with Crippen LogP contribution >= 0.6 is 7.82 Å². The summed E-state index contributed by atoms with van der Waals surface area (Å²) in [7, 11) is -4.56. The van der Waals surface area contributed by atoms with Gasteiger partial charge in [-0.2, -0.15) is 0 Å². The fourth-order valence-electron chi connectivity index (χ4n) is 2.46. The molecule has 1 aliphatic heterocycles. The standard InChI is InChI=1S/C11H13FN3O6P/c12-7-3-15(10-9(7)11(16)14-5-13-10)8-2-1-6(21-8)4-20-22(17,18)19/h3,5-6,8H,1-2,4H2,(H,13,14,16)(H2,17,18,19)/t6-,8+/m0/s1. The van der Waals surface area contributed by atoms with Crippen molar-refractivity contribution in [1.29, 1.82) is 0 Å². The highest BCUT2D eigenvalue weighted by atomic mass is 31.2. The molecule has 0 radical (unpaired) electrons. The van der Waals surface area contributed by atoms with Crippen molar-refractivity contribution in [2.75, 3.05) is 6.61 Å². The first-order valence-electron chi connectivity index (χ1n) is 6.44. The zero-order valence-corrected chi connectivity index (χ0v) is 12.1. The first kappa shape index (κ1) is 15.3. The summed E-state index contributed by atoms with van der Waals surface area (Å²) in [4.78, 5) is 35.2. The molecule has 0 unspecified atom stereocenters. The number of nitrogens with one attached hydrogen (secondary N) is 1. The normalized spacial score (nSPS) is 22.5. The van der Waals surface area contributed by atoms with Gasteiger partial charge in [0.1, 0.15) is 11.6 Å². The Morgan fingerprint density at radius 1 is 1.55 bits per heavy atom. The maximum atomic E-state index is 13.9. The van der Waals surface area contributed by atoms with Gasteiger partial charge in [-0.1, -0.05) is 0 Å². The lowest BCUT2D eigenvalue weighted by molar-refractivity contribution is -0.0204. The number of H-pyrrole nitrogens is 1. The zero-order valence-electron chi connectivity index (χ0n) is 11.2. The molecule has 2 aromatic heterocycles. The third kappa shape index (κ3) is 2.96. The summed E-state index contributed by atoms with van der Waals surface area (Å²) in [6.07, 6.45) is 2.15. The third-order valence-electron chi connectivity index (χ3n) is 3.39. The number of aromatic nitrogens is 3. The van der Waals surface area contributed by atoms with Crippen LogP contribution in [0.1, 0.15) is 19.1 Å². The van der Waals surface area contributed by atoms with Crippen molar-refractivity contribution in [3.8, 4) is 0 Å². The van der Waals surface area contributed by atoms with E-state index in [4.69, 9.17) is 14.5 Å². The van der Waals surface area contributed by atoms with E-state index in [1.54, 1.807) is 0 Å². The van der Waals surface area contributed by atoms with Gasteiger partial charge >= 0.3 is 7.82 Å². The van der Waals surface area contributed by atoms with Crippen LogP contribution < -0.4 is 5.56 Å². The van der Waals surface area contributed by atoms with Gasteiger partial charge in [-0.15, -0.1) is 0 Å². The van der Waals surface area contributed by atoms with E-state index in [9.17, 15) is 13.8 Å². The van der Waals surface area contributed by atoms with Crippen LogP contribution in [0.3, 0.4) is 0 Å². The average Bonchev–Trinajstić information content (AvgIpc) is 3.01. The van der Waals surface area contributed by atoms with Crippen molar-refractivity contribution in [3.05, 3.63) is 28.7 Å². The molecule has 0 saturated carbocycles. The average molecular weight is 333 g/mol. The molecule has 11 heteroatoms. The number of hydrogen-bond donors (Lipinski definition) is 3. The summed E-state index contributed by atoms with van der Waals surface area (Å²) >= 11 is 0. The van der Waals surface area contributed by atoms with Gasteiger partial charge in [-0.05, 0) is 12.8 Å². The van der Waals surface area contributed by atoms with E-state index in [1.807, 2.05) is 0 Å².